The van der Waals surface area contributed by atoms with Crippen LogP contribution in [0.15, 0.2) is 36.4 Å². The Morgan fingerprint density at radius 3 is 2.24 bits per heavy atom. The fourth-order valence-corrected chi connectivity index (χ4v) is 3.30. The monoisotopic (exact) mass is 508 g/mol. The standard InChI is InChI=1S/C16H14I2O3/c1-20-15-8-11(13(18)9-16(15)21-2)14(19)7-10-5-3-4-6-12(10)17/h3-6,8-9H,7H2,1-2H3. The van der Waals surface area contributed by atoms with Gasteiger partial charge in [-0.3, -0.25) is 4.79 Å². The maximum atomic E-state index is 12.6. The van der Waals surface area contributed by atoms with E-state index in [2.05, 4.69) is 45.2 Å². The van der Waals surface area contributed by atoms with E-state index in [0.717, 1.165) is 12.7 Å². The predicted octanol–water partition coefficient (Wildman–Crippen LogP) is 4.34. The Morgan fingerprint density at radius 2 is 1.62 bits per heavy atom. The van der Waals surface area contributed by atoms with E-state index in [1.807, 2.05) is 30.3 Å². The van der Waals surface area contributed by atoms with Crippen molar-refractivity contribution >= 4 is 51.0 Å². The first-order chi connectivity index (χ1) is 10.1. The summed E-state index contributed by atoms with van der Waals surface area (Å²) in [4.78, 5) is 12.6. The Bertz CT molecular complexity index is 669. The van der Waals surface area contributed by atoms with Crippen LogP contribution in [0.1, 0.15) is 15.9 Å². The molecule has 0 aliphatic carbocycles. The summed E-state index contributed by atoms with van der Waals surface area (Å²) in [5, 5.41) is 0. The molecule has 2 rings (SSSR count). The summed E-state index contributed by atoms with van der Waals surface area (Å²) in [7, 11) is 3.15. The molecule has 0 radical (unpaired) electrons. The van der Waals surface area contributed by atoms with Crippen LogP contribution in [0.2, 0.25) is 0 Å². The summed E-state index contributed by atoms with van der Waals surface area (Å²) in [5.74, 6) is 1.28. The van der Waals surface area contributed by atoms with Gasteiger partial charge in [-0.1, -0.05) is 18.2 Å². The summed E-state index contributed by atoms with van der Waals surface area (Å²) < 4.78 is 12.5. The number of methoxy groups -OCH3 is 2. The van der Waals surface area contributed by atoms with Gasteiger partial charge in [-0.25, -0.2) is 0 Å². The molecule has 0 spiro atoms. The zero-order valence-electron chi connectivity index (χ0n) is 11.7. The number of Topliss-reactive ketones (excluding diaryl/α,β-unsaturated/α-hetero) is 1. The lowest BCUT2D eigenvalue weighted by Gasteiger charge is -2.11. The molecule has 0 aromatic heterocycles. The molecule has 0 saturated heterocycles. The van der Waals surface area contributed by atoms with Gasteiger partial charge in [-0.2, -0.15) is 0 Å². The number of hydrogen-bond acceptors (Lipinski definition) is 3. The highest BCUT2D eigenvalue weighted by Crippen LogP contribution is 2.32. The first-order valence-electron chi connectivity index (χ1n) is 6.25. The first kappa shape index (κ1) is 16.5. The number of ketones is 1. The van der Waals surface area contributed by atoms with E-state index < -0.39 is 0 Å². The highest BCUT2D eigenvalue weighted by Gasteiger charge is 2.16. The van der Waals surface area contributed by atoms with E-state index in [9.17, 15) is 4.79 Å². The van der Waals surface area contributed by atoms with Gasteiger partial charge in [0.05, 0.1) is 14.2 Å². The smallest absolute Gasteiger partial charge is 0.168 e. The van der Waals surface area contributed by atoms with Crippen LogP contribution in [-0.2, 0) is 6.42 Å². The van der Waals surface area contributed by atoms with Gasteiger partial charge in [-0.15, -0.1) is 0 Å². The molecule has 2 aromatic rings. The molecule has 0 atom stereocenters. The number of carbonyl (C=O) groups is 1. The second kappa shape index (κ2) is 7.44. The van der Waals surface area contributed by atoms with Gasteiger partial charge < -0.3 is 9.47 Å². The lowest BCUT2D eigenvalue weighted by Crippen LogP contribution is -2.08. The fourth-order valence-electron chi connectivity index (χ4n) is 1.98. The number of hydrogen-bond donors (Lipinski definition) is 0. The first-order valence-corrected chi connectivity index (χ1v) is 8.40. The van der Waals surface area contributed by atoms with E-state index in [1.54, 1.807) is 20.3 Å². The average molecular weight is 508 g/mol. The second-order valence-corrected chi connectivity index (χ2v) is 6.70. The molecule has 0 bridgehead atoms. The van der Waals surface area contributed by atoms with E-state index in [4.69, 9.17) is 9.47 Å². The van der Waals surface area contributed by atoms with Crippen molar-refractivity contribution in [1.82, 2.24) is 0 Å². The average Bonchev–Trinajstić information content (AvgIpc) is 2.49. The van der Waals surface area contributed by atoms with Crippen molar-refractivity contribution in [2.24, 2.45) is 0 Å². The predicted molar refractivity (Wildman–Crippen MR) is 99.5 cm³/mol. The van der Waals surface area contributed by atoms with Crippen LogP contribution in [0.5, 0.6) is 11.5 Å². The SMILES string of the molecule is COc1cc(I)c(C(=O)Cc2ccccc2I)cc1OC. The molecule has 0 aliphatic rings. The molecule has 21 heavy (non-hydrogen) atoms. The maximum Gasteiger partial charge on any atom is 0.168 e. The van der Waals surface area contributed by atoms with Gasteiger partial charge in [0.15, 0.2) is 17.3 Å². The van der Waals surface area contributed by atoms with Crippen LogP contribution in [0.25, 0.3) is 0 Å². The summed E-state index contributed by atoms with van der Waals surface area (Å²) in [6.07, 6.45) is 0.380. The molecule has 0 N–H and O–H groups in total. The molecule has 3 nitrogen and oxygen atoms in total. The number of halogens is 2. The van der Waals surface area contributed by atoms with Crippen molar-refractivity contribution in [3.05, 3.63) is 54.7 Å². The quantitative estimate of drug-likeness (QED) is 0.446. The highest BCUT2D eigenvalue weighted by atomic mass is 127. The van der Waals surface area contributed by atoms with Crippen molar-refractivity contribution < 1.29 is 14.3 Å². The van der Waals surface area contributed by atoms with E-state index >= 15 is 0 Å². The van der Waals surface area contributed by atoms with Crippen LogP contribution in [-0.4, -0.2) is 20.0 Å². The fraction of sp³-hybridized carbons (Fsp3) is 0.188. The van der Waals surface area contributed by atoms with Crippen LogP contribution in [0, 0.1) is 7.14 Å². The third-order valence-corrected chi connectivity index (χ3v) is 5.03. The van der Waals surface area contributed by atoms with Crippen LogP contribution in [0.4, 0.5) is 0 Å². The van der Waals surface area contributed by atoms with Gasteiger partial charge in [0.1, 0.15) is 0 Å². The molecule has 0 unspecified atom stereocenters. The normalized spacial score (nSPS) is 10.3. The highest BCUT2D eigenvalue weighted by molar-refractivity contribution is 14.1. The van der Waals surface area contributed by atoms with Crippen molar-refractivity contribution in [3.63, 3.8) is 0 Å². The molecule has 0 aliphatic heterocycles. The number of rotatable bonds is 5. The van der Waals surface area contributed by atoms with Gasteiger partial charge in [-0.05, 0) is 68.9 Å². The minimum absolute atomic E-state index is 0.0736. The molecule has 110 valence electrons. The largest absolute Gasteiger partial charge is 0.493 e. The Balaban J connectivity index is 2.33. The van der Waals surface area contributed by atoms with Gasteiger partial charge in [0.2, 0.25) is 0 Å². The van der Waals surface area contributed by atoms with Crippen molar-refractivity contribution in [1.29, 1.82) is 0 Å². The van der Waals surface area contributed by atoms with E-state index in [0.29, 0.717) is 23.5 Å². The lowest BCUT2D eigenvalue weighted by molar-refractivity contribution is 0.0991. The molecular formula is C16H14I2O3. The van der Waals surface area contributed by atoms with Crippen molar-refractivity contribution in [2.45, 2.75) is 6.42 Å². The third-order valence-electron chi connectivity index (χ3n) is 3.08. The number of benzene rings is 2. The number of carbonyl (C=O) groups excluding carboxylic acids is 1. The van der Waals surface area contributed by atoms with Gasteiger partial charge in [0, 0.05) is 19.1 Å². The molecule has 5 heteroatoms. The lowest BCUT2D eigenvalue weighted by atomic mass is 10.0. The summed E-state index contributed by atoms with van der Waals surface area (Å²) >= 11 is 4.40. The summed E-state index contributed by atoms with van der Waals surface area (Å²) in [6, 6.07) is 11.5. The van der Waals surface area contributed by atoms with Crippen LogP contribution in [0.3, 0.4) is 0 Å². The second-order valence-electron chi connectivity index (χ2n) is 4.38. The summed E-state index contributed by atoms with van der Waals surface area (Å²) in [5.41, 5.74) is 1.70. The minimum atomic E-state index is 0.0736. The zero-order chi connectivity index (χ0) is 15.4. The molecule has 0 fully saturated rings. The molecular weight excluding hydrogens is 494 g/mol. The molecule has 2 aromatic carbocycles. The Kier molecular flexibility index (Phi) is 5.86. The van der Waals surface area contributed by atoms with E-state index in [-0.39, 0.29) is 5.78 Å². The van der Waals surface area contributed by atoms with Crippen molar-refractivity contribution in [3.8, 4) is 11.5 Å². The zero-order valence-corrected chi connectivity index (χ0v) is 16.0. The molecule has 0 saturated carbocycles. The van der Waals surface area contributed by atoms with Crippen LogP contribution >= 0.6 is 45.2 Å². The van der Waals surface area contributed by atoms with E-state index in [1.165, 1.54) is 0 Å². The van der Waals surface area contributed by atoms with Crippen molar-refractivity contribution in [2.75, 3.05) is 14.2 Å². The number of ether oxygens (including phenoxy) is 2. The Morgan fingerprint density at radius 1 is 1.00 bits per heavy atom. The Labute approximate surface area is 151 Å². The Hall–Kier alpha value is -0.830. The van der Waals surface area contributed by atoms with Gasteiger partial charge >= 0.3 is 0 Å². The maximum absolute atomic E-state index is 12.6. The molecule has 0 amide bonds. The van der Waals surface area contributed by atoms with Gasteiger partial charge in [0.25, 0.3) is 0 Å². The molecule has 0 heterocycles. The third kappa shape index (κ3) is 3.88. The topological polar surface area (TPSA) is 35.5 Å². The summed E-state index contributed by atoms with van der Waals surface area (Å²) in [6.45, 7) is 0. The van der Waals surface area contributed by atoms with Crippen LogP contribution < -0.4 is 9.47 Å². The minimum Gasteiger partial charge on any atom is -0.493 e.